The van der Waals surface area contributed by atoms with Crippen molar-refractivity contribution in [2.45, 2.75) is 353 Å². The number of aliphatic hydroxyl groups is 1. The van der Waals surface area contributed by atoms with Gasteiger partial charge in [-0.05, 0) is 338 Å². The van der Waals surface area contributed by atoms with Crippen molar-refractivity contribution in [2.24, 2.45) is 145 Å². The summed E-state index contributed by atoms with van der Waals surface area (Å²) in [6, 6.07) is 28.1. The minimum Gasteiger partial charge on any atom is -0.481 e. The molecule has 1 heterocycles. The van der Waals surface area contributed by atoms with Crippen molar-refractivity contribution in [1.82, 2.24) is 0 Å². The van der Waals surface area contributed by atoms with Crippen LogP contribution in [0.2, 0.25) is 0 Å². The van der Waals surface area contributed by atoms with Crippen LogP contribution >= 0.6 is 11.6 Å². The largest absolute Gasteiger partial charge is 0.511 e. The first-order chi connectivity index (χ1) is 67.9. The van der Waals surface area contributed by atoms with Gasteiger partial charge in [0.15, 0.2) is 6.07 Å². The van der Waals surface area contributed by atoms with Crippen LogP contribution in [0.15, 0.2) is 91.0 Å². The van der Waals surface area contributed by atoms with Gasteiger partial charge in [0, 0.05) is 69.1 Å². The standard InChI is InChI=1S/C36H50O8.C29H44O8.C23H35ClO4.C13H16O4.C7H8O.C6H8O3/c1-23(18-32(38)41-21-25-8-6-5-7-9-25)19-33(39)42-22-43-34(40)44-27-14-16-35(3)26(20-27)10-11-28-30-13-12-29(24(2)37)36(30,4)17-15-31(28)35;1-17(13-25(31)32)14-26(33)35-16-36-27(34)37-20-9-11-28(3)19(15-20)5-6-21-23-8-7-22(18(2)30)29(23,4)12-10-24(21)28;1-14(25)18-6-7-19-17-5-4-15-12-16(28-21(26)27-13-24)8-10-22(15,2)20(17)9-11-23(18,19)3;1-10(7-12(14)15)8-13(16)17-9-11-5-3-2-4-6-11;8-6-7-4-2-1-3-5-7;1-4-2-5(7)9-6(8)3-4/h5-9,23,26-31H,10-22H2,1-4H3;17,19-24H,5-16H2,1-4H3,(H,31,32);15-20H,4-13H2,1-3H3;2-6,10H,7-9H2,1H3,(H,14,15);1-5,8H,6H2;4H,2-3H2,1H3/t23?,26-,27+,28-,29+,30-,31-,35-,36+;17?,19-,20+,21-,22+,23-,24-,28-,29+;15-,16+,17-,18+,19-,20-,22-,23+;;;/m000.../s1. The number of carbonyl (C=O) groups excluding carboxylic acids is 12. The van der Waals surface area contributed by atoms with Gasteiger partial charge in [-0.25, -0.2) is 14.4 Å². The molecule has 0 bridgehead atoms. The Hall–Kier alpha value is -9.31. The number of esters is 6. The number of fused-ring (bicyclic) bond motifs is 15. The van der Waals surface area contributed by atoms with Gasteiger partial charge in [-0.2, -0.15) is 0 Å². The molecule has 13 fully saturated rings. The van der Waals surface area contributed by atoms with Gasteiger partial charge < -0.3 is 67.4 Å². The van der Waals surface area contributed by atoms with Crippen LogP contribution in [0, 0.1) is 145 Å². The number of aliphatic hydroxyl groups excluding tert-OH is 1. The van der Waals surface area contributed by atoms with Gasteiger partial charge in [0.05, 0.1) is 6.61 Å². The van der Waals surface area contributed by atoms with Crippen LogP contribution in [-0.4, -0.2) is 137 Å². The number of Topliss-reactive ketones (excluding diaryl/α,β-unsaturated/α-hetero) is 3. The van der Waals surface area contributed by atoms with Crippen molar-refractivity contribution in [3.05, 3.63) is 108 Å². The maximum absolute atomic E-state index is 12.4. The zero-order valence-electron chi connectivity index (χ0n) is 86.8. The highest BCUT2D eigenvalue weighted by molar-refractivity contribution is 6.17. The van der Waals surface area contributed by atoms with Crippen molar-refractivity contribution in [3.63, 3.8) is 0 Å². The molecule has 12 aliphatic carbocycles. The third-order valence-electron chi connectivity index (χ3n) is 37.0. The van der Waals surface area contributed by atoms with Crippen molar-refractivity contribution >= 4 is 95.2 Å². The Kier molecular flexibility index (Phi) is 41.3. The van der Waals surface area contributed by atoms with Crippen molar-refractivity contribution in [2.75, 3.05) is 19.7 Å². The molecule has 1 aliphatic heterocycles. The second-order valence-corrected chi connectivity index (χ2v) is 46.3. The number of carboxylic acids is 2. The van der Waals surface area contributed by atoms with E-state index >= 15 is 0 Å². The van der Waals surface area contributed by atoms with Crippen molar-refractivity contribution in [1.29, 1.82) is 0 Å². The van der Waals surface area contributed by atoms with Gasteiger partial charge in [0.1, 0.15) is 48.9 Å². The fraction of sp³-hybridized carbons (Fsp3) is 0.719. The number of cyclic esters (lactones) is 2. The molecule has 3 aromatic rings. The number of hydrogen-bond acceptors (Lipinski definition) is 26. The summed E-state index contributed by atoms with van der Waals surface area (Å²) in [5.41, 5.74) is 4.16. The molecular formula is C114H161ClO28. The van der Waals surface area contributed by atoms with E-state index in [9.17, 15) is 67.1 Å². The maximum Gasteiger partial charge on any atom is 0.511 e. The van der Waals surface area contributed by atoms with Crippen LogP contribution in [0.1, 0.15) is 331 Å². The van der Waals surface area contributed by atoms with Gasteiger partial charge in [-0.1, -0.05) is 172 Å². The van der Waals surface area contributed by atoms with Crippen LogP contribution in [0.4, 0.5) is 14.4 Å². The third kappa shape index (κ3) is 29.8. The van der Waals surface area contributed by atoms with E-state index in [1.165, 1.54) is 70.6 Å². The lowest BCUT2D eigenvalue weighted by molar-refractivity contribution is -0.165. The fourth-order valence-corrected chi connectivity index (χ4v) is 30.0. The fourth-order valence-electron chi connectivity index (χ4n) is 29.9. The number of ether oxygens (including phenoxy) is 11. The maximum atomic E-state index is 12.4. The lowest BCUT2D eigenvalue weighted by Crippen LogP contribution is -2.54. The quantitative estimate of drug-likeness (QED) is 0.0200. The highest BCUT2D eigenvalue weighted by Gasteiger charge is 2.65. The van der Waals surface area contributed by atoms with Gasteiger partial charge in [-0.3, -0.25) is 52.7 Å². The number of carbonyl (C=O) groups is 14. The van der Waals surface area contributed by atoms with E-state index in [2.05, 4.69) is 46.3 Å². The second-order valence-electron chi connectivity index (χ2n) is 46.1. The monoisotopic (exact) mass is 2010 g/mol. The lowest BCUT2D eigenvalue weighted by Gasteiger charge is -2.61. The molecule has 143 heavy (non-hydrogen) atoms. The Morgan fingerprint density at radius 3 is 0.916 bits per heavy atom. The van der Waals surface area contributed by atoms with E-state index in [0.717, 1.165) is 131 Å². The van der Waals surface area contributed by atoms with E-state index in [-0.39, 0.29) is 163 Å². The number of halogens is 1. The lowest BCUT2D eigenvalue weighted by atomic mass is 9.44. The number of ketones is 3. The summed E-state index contributed by atoms with van der Waals surface area (Å²) in [4.78, 5) is 163. The summed E-state index contributed by atoms with van der Waals surface area (Å²) < 4.78 is 56.2. The predicted octanol–water partition coefficient (Wildman–Crippen LogP) is 23.0. The van der Waals surface area contributed by atoms with Gasteiger partial charge in [-0.15, -0.1) is 0 Å². The molecule has 0 aromatic heterocycles. The van der Waals surface area contributed by atoms with Gasteiger partial charge in [0.25, 0.3) is 0 Å². The summed E-state index contributed by atoms with van der Waals surface area (Å²) in [6.45, 7) is 26.5. The SMILES string of the molecule is CC(=O)[C@H]1CC[C@H]2[C@@H]3CC[C@H]4C[C@H](OC(=O)OCCl)CC[C@]4(C)[C@H]3CC[C@]12C.CC(=O)[C@H]1CC[C@H]2[C@@H]3CC[C@H]4C[C@H](OC(=O)OCOC(=O)CC(C)CC(=O)O)CC[C@]4(C)[C@H]3CC[C@]12C.CC(=O)[C@H]1CC[C@H]2[C@@H]3CC[C@H]4C[C@H](OC(=O)OCOC(=O)CC(C)CC(=O)OCc5ccccc5)CC[C@]4(C)[C@H]3CC[C@]12C.CC(CC(=O)O)CC(=O)OCc1ccccc1.CC1CC(=O)OC(=O)C1.OCc1ccccc1. The molecule has 792 valence electrons. The van der Waals surface area contributed by atoms with Crippen LogP contribution in [0.25, 0.3) is 0 Å². The first-order valence-corrected chi connectivity index (χ1v) is 53.5. The van der Waals surface area contributed by atoms with E-state index in [0.29, 0.717) is 94.8 Å². The Morgan fingerprint density at radius 2 is 0.636 bits per heavy atom. The number of benzene rings is 3. The molecule has 0 amide bonds. The van der Waals surface area contributed by atoms with Gasteiger partial charge in [0.2, 0.25) is 13.6 Å². The Labute approximate surface area is 850 Å². The number of rotatable bonds is 28. The minimum atomic E-state index is -0.973. The smallest absolute Gasteiger partial charge is 0.481 e. The Morgan fingerprint density at radius 1 is 0.357 bits per heavy atom. The zero-order valence-corrected chi connectivity index (χ0v) is 87.5. The first-order valence-electron chi connectivity index (χ1n) is 53.0. The number of aliphatic carboxylic acids is 2. The van der Waals surface area contributed by atoms with Crippen LogP contribution in [0.5, 0.6) is 0 Å². The van der Waals surface area contributed by atoms with E-state index < -0.39 is 67.9 Å². The van der Waals surface area contributed by atoms with E-state index in [1.54, 1.807) is 41.5 Å². The topological polar surface area (TPSA) is 401 Å². The first kappa shape index (κ1) is 114. The molecule has 1 saturated heterocycles. The normalized spacial score (nSPS) is 33.5. The summed E-state index contributed by atoms with van der Waals surface area (Å²) in [5, 5.41) is 25.9. The average Bonchev–Trinajstić information content (AvgIpc) is 1.69. The molecule has 3 unspecified atom stereocenters. The van der Waals surface area contributed by atoms with Crippen LogP contribution in [-0.2, 0) is 125 Å². The summed E-state index contributed by atoms with van der Waals surface area (Å²) in [6.07, 6.45) is 27.5. The van der Waals surface area contributed by atoms with Gasteiger partial charge >= 0.3 is 66.2 Å². The molecule has 0 spiro atoms. The molecule has 29 heteroatoms. The highest BCUT2D eigenvalue weighted by Crippen LogP contribution is 2.72. The molecule has 16 rings (SSSR count). The predicted molar refractivity (Wildman–Crippen MR) is 529 cm³/mol. The molecule has 27 atom stereocenters. The van der Waals surface area contributed by atoms with Crippen molar-refractivity contribution < 1.29 is 135 Å². The summed E-state index contributed by atoms with van der Waals surface area (Å²) in [5.74, 6) is 4.57. The molecule has 0 radical (unpaired) electrons. The summed E-state index contributed by atoms with van der Waals surface area (Å²) >= 11 is 5.46. The average molecular weight is 2010 g/mol. The molecular weight excluding hydrogens is 1850 g/mol. The molecule has 3 N–H and O–H groups in total. The Balaban J connectivity index is 0.000000178. The van der Waals surface area contributed by atoms with Crippen LogP contribution < -0.4 is 0 Å². The van der Waals surface area contributed by atoms with E-state index in [1.807, 2.05) is 97.9 Å². The molecule has 28 nitrogen and oxygen atoms in total. The van der Waals surface area contributed by atoms with E-state index in [4.69, 9.17) is 74.3 Å². The number of hydrogen-bond donors (Lipinski definition) is 3. The van der Waals surface area contributed by atoms with Crippen molar-refractivity contribution in [3.8, 4) is 0 Å². The minimum absolute atomic E-state index is 0.0132. The molecule has 12 saturated carbocycles. The highest BCUT2D eigenvalue weighted by atomic mass is 35.5. The second kappa shape index (κ2) is 51.8. The summed E-state index contributed by atoms with van der Waals surface area (Å²) in [7, 11) is 0. The molecule has 3 aromatic carbocycles. The zero-order chi connectivity index (χ0) is 104. The number of carboxylic acid groups (broad SMARTS) is 2. The third-order valence-corrected chi connectivity index (χ3v) is 37.1. The van der Waals surface area contributed by atoms with Crippen LogP contribution in [0.3, 0.4) is 0 Å². The Bertz CT molecular complexity index is 4780. The molecule has 13 aliphatic rings. The number of alkyl halides is 1.